The Morgan fingerprint density at radius 3 is 2.85 bits per heavy atom. The van der Waals surface area contributed by atoms with Crippen LogP contribution in [0.1, 0.15) is 17.5 Å². The van der Waals surface area contributed by atoms with Crippen molar-refractivity contribution in [2.75, 3.05) is 18.5 Å². The van der Waals surface area contributed by atoms with Gasteiger partial charge in [0.25, 0.3) is 0 Å². The zero-order chi connectivity index (χ0) is 18.1. The van der Waals surface area contributed by atoms with Crippen LogP contribution in [-0.4, -0.2) is 27.5 Å². The summed E-state index contributed by atoms with van der Waals surface area (Å²) < 4.78 is 33.7. The summed E-state index contributed by atoms with van der Waals surface area (Å²) in [6.45, 7) is 0.820. The molecule has 2 aliphatic rings. The van der Waals surface area contributed by atoms with E-state index in [0.29, 0.717) is 31.7 Å². The predicted molar refractivity (Wildman–Crippen MR) is 97.7 cm³/mol. The second-order valence-corrected chi connectivity index (χ2v) is 8.47. The quantitative estimate of drug-likeness (QED) is 0.861. The molecule has 26 heavy (non-hydrogen) atoms. The Kier molecular flexibility index (Phi) is 4.42. The number of hydrogen-bond donors (Lipinski definition) is 2. The molecule has 136 valence electrons. The molecule has 0 bridgehead atoms. The van der Waals surface area contributed by atoms with Crippen molar-refractivity contribution >= 4 is 21.6 Å². The van der Waals surface area contributed by atoms with E-state index in [1.165, 1.54) is 6.07 Å². The van der Waals surface area contributed by atoms with E-state index in [2.05, 4.69) is 10.0 Å². The maximum absolute atomic E-state index is 12.6. The highest BCUT2D eigenvalue weighted by molar-refractivity contribution is 7.89. The van der Waals surface area contributed by atoms with Crippen LogP contribution in [0.2, 0.25) is 0 Å². The number of carbonyl (C=O) groups excluding carboxylic acids is 1. The molecular formula is C19H20N2O4S. The van der Waals surface area contributed by atoms with E-state index in [0.717, 1.165) is 23.3 Å². The van der Waals surface area contributed by atoms with Crippen molar-refractivity contribution in [1.82, 2.24) is 4.72 Å². The normalized spacial score (nSPS) is 19.1. The molecule has 7 heteroatoms. The van der Waals surface area contributed by atoms with Gasteiger partial charge in [0.2, 0.25) is 15.9 Å². The Balaban J connectivity index is 1.44. The van der Waals surface area contributed by atoms with Crippen LogP contribution in [-0.2, 0) is 27.7 Å². The average Bonchev–Trinajstić information content (AvgIpc) is 2.66. The van der Waals surface area contributed by atoms with Gasteiger partial charge in [-0.15, -0.1) is 0 Å². The van der Waals surface area contributed by atoms with Crippen molar-refractivity contribution < 1.29 is 17.9 Å². The molecule has 2 aromatic rings. The third kappa shape index (κ3) is 3.45. The van der Waals surface area contributed by atoms with Crippen LogP contribution in [0.15, 0.2) is 47.4 Å². The third-order valence-electron chi connectivity index (χ3n) is 4.80. The molecule has 1 amide bonds. The maximum atomic E-state index is 12.6. The lowest BCUT2D eigenvalue weighted by atomic mass is 9.97. The number of para-hydroxylation sites is 1. The molecular weight excluding hydrogens is 352 g/mol. The summed E-state index contributed by atoms with van der Waals surface area (Å²) in [4.78, 5) is 11.6. The number of fused-ring (bicyclic) bond motifs is 2. The zero-order valence-electron chi connectivity index (χ0n) is 14.2. The van der Waals surface area contributed by atoms with Gasteiger partial charge < -0.3 is 10.1 Å². The van der Waals surface area contributed by atoms with Crippen LogP contribution in [0.25, 0.3) is 0 Å². The average molecular weight is 372 g/mol. The van der Waals surface area contributed by atoms with Crippen molar-refractivity contribution in [3.63, 3.8) is 0 Å². The van der Waals surface area contributed by atoms with Crippen molar-refractivity contribution in [2.24, 2.45) is 5.92 Å². The lowest BCUT2D eigenvalue weighted by Gasteiger charge is -2.25. The third-order valence-corrected chi connectivity index (χ3v) is 6.22. The monoisotopic (exact) mass is 372 g/mol. The molecule has 2 N–H and O–H groups in total. The van der Waals surface area contributed by atoms with E-state index in [9.17, 15) is 13.2 Å². The summed E-state index contributed by atoms with van der Waals surface area (Å²) in [5.41, 5.74) is 2.65. The molecule has 0 aliphatic carbocycles. The Morgan fingerprint density at radius 2 is 1.96 bits per heavy atom. The second-order valence-electron chi connectivity index (χ2n) is 6.71. The van der Waals surface area contributed by atoms with E-state index in [1.54, 1.807) is 12.1 Å². The van der Waals surface area contributed by atoms with E-state index < -0.39 is 10.0 Å². The number of hydrogen-bond acceptors (Lipinski definition) is 4. The first-order valence-corrected chi connectivity index (χ1v) is 10.1. The fraction of sp³-hybridized carbons (Fsp3) is 0.316. The highest BCUT2D eigenvalue weighted by Crippen LogP contribution is 2.28. The first-order valence-electron chi connectivity index (χ1n) is 8.64. The number of anilines is 1. The van der Waals surface area contributed by atoms with Gasteiger partial charge in [-0.3, -0.25) is 4.79 Å². The number of aryl methyl sites for hydroxylation is 1. The first kappa shape index (κ1) is 17.1. The smallest absolute Gasteiger partial charge is 0.240 e. The SMILES string of the molecule is O=C1CCc2cc(S(=O)(=O)NC[C@@H]3COc4ccccc4C3)ccc2N1. The number of benzene rings is 2. The van der Waals surface area contributed by atoms with Crippen LogP contribution in [0.4, 0.5) is 5.69 Å². The largest absolute Gasteiger partial charge is 0.493 e. The molecule has 0 unspecified atom stereocenters. The maximum Gasteiger partial charge on any atom is 0.240 e. The van der Waals surface area contributed by atoms with E-state index in [1.807, 2.05) is 24.3 Å². The minimum Gasteiger partial charge on any atom is -0.493 e. The van der Waals surface area contributed by atoms with Gasteiger partial charge in [-0.25, -0.2) is 13.1 Å². The molecule has 0 saturated carbocycles. The van der Waals surface area contributed by atoms with Gasteiger partial charge in [0.05, 0.1) is 11.5 Å². The van der Waals surface area contributed by atoms with Gasteiger partial charge in [0, 0.05) is 24.6 Å². The molecule has 0 aromatic heterocycles. The van der Waals surface area contributed by atoms with Gasteiger partial charge in [-0.1, -0.05) is 18.2 Å². The lowest BCUT2D eigenvalue weighted by Crippen LogP contribution is -2.35. The Morgan fingerprint density at radius 1 is 1.12 bits per heavy atom. The van der Waals surface area contributed by atoms with E-state index >= 15 is 0 Å². The van der Waals surface area contributed by atoms with Crippen LogP contribution >= 0.6 is 0 Å². The second kappa shape index (κ2) is 6.74. The van der Waals surface area contributed by atoms with Gasteiger partial charge in [-0.05, 0) is 48.2 Å². The van der Waals surface area contributed by atoms with Crippen molar-refractivity contribution in [2.45, 2.75) is 24.2 Å². The fourth-order valence-corrected chi connectivity index (χ4v) is 4.53. The minimum absolute atomic E-state index is 0.0381. The van der Waals surface area contributed by atoms with Gasteiger partial charge in [0.1, 0.15) is 5.75 Å². The number of sulfonamides is 1. The van der Waals surface area contributed by atoms with Crippen molar-refractivity contribution in [3.8, 4) is 5.75 Å². The summed E-state index contributed by atoms with van der Waals surface area (Å²) >= 11 is 0. The van der Waals surface area contributed by atoms with Crippen molar-refractivity contribution in [3.05, 3.63) is 53.6 Å². The van der Waals surface area contributed by atoms with Gasteiger partial charge in [-0.2, -0.15) is 0 Å². The molecule has 6 nitrogen and oxygen atoms in total. The summed E-state index contributed by atoms with van der Waals surface area (Å²) in [5, 5.41) is 2.76. The summed E-state index contributed by atoms with van der Waals surface area (Å²) in [7, 11) is -3.60. The van der Waals surface area contributed by atoms with Crippen LogP contribution in [0, 0.1) is 5.92 Å². The van der Waals surface area contributed by atoms with Gasteiger partial charge >= 0.3 is 0 Å². The molecule has 0 radical (unpaired) electrons. The Bertz CT molecular complexity index is 956. The van der Waals surface area contributed by atoms with E-state index in [-0.39, 0.29) is 16.7 Å². The molecule has 2 aromatic carbocycles. The van der Waals surface area contributed by atoms with Crippen molar-refractivity contribution in [1.29, 1.82) is 0 Å². The van der Waals surface area contributed by atoms with Crippen LogP contribution in [0.3, 0.4) is 0 Å². The lowest BCUT2D eigenvalue weighted by molar-refractivity contribution is -0.116. The highest BCUT2D eigenvalue weighted by Gasteiger charge is 2.24. The molecule has 2 heterocycles. The standard InChI is InChI=1S/C19H20N2O4S/c22-19-8-5-14-10-16(6-7-17(14)21-19)26(23,24)20-11-13-9-15-3-1-2-4-18(15)25-12-13/h1-4,6-7,10,13,20H,5,8-9,11-12H2,(H,21,22)/t13-/m1/s1. The number of ether oxygens (including phenoxy) is 1. The summed E-state index contributed by atoms with van der Waals surface area (Å²) in [5.74, 6) is 0.934. The fourth-order valence-electron chi connectivity index (χ4n) is 3.36. The van der Waals surface area contributed by atoms with Gasteiger partial charge in [0.15, 0.2) is 0 Å². The molecule has 0 saturated heterocycles. The first-order chi connectivity index (χ1) is 12.5. The van der Waals surface area contributed by atoms with Crippen LogP contribution in [0.5, 0.6) is 5.75 Å². The van der Waals surface area contributed by atoms with E-state index in [4.69, 9.17) is 4.74 Å². The number of amides is 1. The highest BCUT2D eigenvalue weighted by atomic mass is 32.2. The number of carbonyl (C=O) groups is 1. The molecule has 0 spiro atoms. The summed E-state index contributed by atoms with van der Waals surface area (Å²) in [6, 6.07) is 12.7. The number of nitrogens with one attached hydrogen (secondary N) is 2. The summed E-state index contributed by atoms with van der Waals surface area (Å²) in [6.07, 6.45) is 1.72. The molecule has 0 fully saturated rings. The molecule has 4 rings (SSSR count). The Labute approximate surface area is 152 Å². The minimum atomic E-state index is -3.60. The molecule has 1 atom stereocenters. The van der Waals surface area contributed by atoms with Crippen LogP contribution < -0.4 is 14.8 Å². The molecule has 2 aliphatic heterocycles. The predicted octanol–water partition coefficient (Wildman–Crippen LogP) is 2.10. The zero-order valence-corrected chi connectivity index (χ0v) is 15.0. The topological polar surface area (TPSA) is 84.5 Å². The number of rotatable bonds is 4. The Hall–Kier alpha value is -2.38.